The summed E-state index contributed by atoms with van der Waals surface area (Å²) in [5.74, 6) is -1.00. The van der Waals surface area contributed by atoms with Gasteiger partial charge in [0.05, 0.1) is 0 Å². The van der Waals surface area contributed by atoms with E-state index in [9.17, 15) is 9.90 Å². The summed E-state index contributed by atoms with van der Waals surface area (Å²) in [6.07, 6.45) is 4.12. The number of hydrogen-bond acceptors (Lipinski definition) is 2. The zero-order chi connectivity index (χ0) is 14.3. The van der Waals surface area contributed by atoms with Crippen molar-refractivity contribution in [2.75, 3.05) is 0 Å². The molecular weight excluding hydrogens is 294 g/mol. The second-order valence-corrected chi connectivity index (χ2v) is 5.57. The van der Waals surface area contributed by atoms with Gasteiger partial charge in [-0.3, -0.25) is 0 Å². The van der Waals surface area contributed by atoms with Crippen LogP contribution in [0.2, 0.25) is 0 Å². The third-order valence-corrected chi connectivity index (χ3v) is 3.69. The van der Waals surface area contributed by atoms with Crippen LogP contribution in [0.1, 0.15) is 22.5 Å². The lowest BCUT2D eigenvalue weighted by atomic mass is 9.96. The van der Waals surface area contributed by atoms with Gasteiger partial charge in [-0.25, -0.2) is 4.79 Å². The lowest BCUT2D eigenvalue weighted by Crippen LogP contribution is -2.03. The zero-order valence-electron chi connectivity index (χ0n) is 10.3. The number of benzene rings is 1. The Labute approximate surface area is 125 Å². The predicted molar refractivity (Wildman–Crippen MR) is 84.4 cm³/mol. The summed E-state index contributed by atoms with van der Waals surface area (Å²) in [6, 6.07) is 7.46. The molecule has 0 aliphatic heterocycles. The molecule has 2 aromatic rings. The number of hydrogen-bond donors (Lipinski definition) is 2. The van der Waals surface area contributed by atoms with Gasteiger partial charge in [-0.05, 0) is 23.8 Å². The van der Waals surface area contributed by atoms with Crippen molar-refractivity contribution in [2.24, 2.45) is 0 Å². The van der Waals surface area contributed by atoms with Crippen LogP contribution < -0.4 is 0 Å². The van der Waals surface area contributed by atoms with E-state index in [1.165, 1.54) is 0 Å². The lowest BCUT2D eigenvalue weighted by molar-refractivity contribution is 0.0691. The van der Waals surface area contributed by atoms with Crippen LogP contribution in [0.25, 0.3) is 16.5 Å². The number of allylic oxidation sites excluding steroid dienone is 4. The maximum absolute atomic E-state index is 11.5. The third kappa shape index (κ3) is 2.17. The Bertz CT molecular complexity index is 801. The first-order valence-electron chi connectivity index (χ1n) is 6.01. The van der Waals surface area contributed by atoms with Gasteiger partial charge in [0.2, 0.25) is 0 Å². The number of aromatic nitrogens is 1. The Morgan fingerprint density at radius 2 is 2.05 bits per heavy atom. The minimum absolute atomic E-state index is 0.155. The molecule has 1 aromatic carbocycles. The molecule has 0 unspecified atom stereocenters. The molecule has 0 bridgehead atoms. The first-order valence-corrected chi connectivity index (χ1v) is 6.80. The predicted octanol–water partition coefficient (Wildman–Crippen LogP) is 4.15. The summed E-state index contributed by atoms with van der Waals surface area (Å²) in [5.41, 5.74) is 2.30. The van der Waals surface area contributed by atoms with Crippen molar-refractivity contribution in [1.29, 1.82) is 0 Å². The van der Waals surface area contributed by atoms with E-state index in [1.54, 1.807) is 6.08 Å². The highest BCUT2D eigenvalue weighted by atomic mass is 35.5. The van der Waals surface area contributed by atoms with Crippen LogP contribution >= 0.6 is 23.8 Å². The first kappa shape index (κ1) is 13.1. The number of carbonyl (C=O) groups is 1. The largest absolute Gasteiger partial charge is 0.477 e. The minimum atomic E-state index is -1.00. The molecule has 0 fully saturated rings. The van der Waals surface area contributed by atoms with Gasteiger partial charge >= 0.3 is 5.97 Å². The summed E-state index contributed by atoms with van der Waals surface area (Å²) in [6.45, 7) is 0. The van der Waals surface area contributed by atoms with Crippen LogP contribution in [-0.4, -0.2) is 20.9 Å². The van der Waals surface area contributed by atoms with E-state index in [2.05, 4.69) is 4.98 Å². The van der Waals surface area contributed by atoms with Gasteiger partial charge in [0.15, 0.2) is 0 Å². The molecule has 5 heteroatoms. The molecule has 0 spiro atoms. The van der Waals surface area contributed by atoms with E-state index in [0.29, 0.717) is 21.9 Å². The fourth-order valence-corrected chi connectivity index (χ4v) is 3.02. The average molecular weight is 304 g/mol. The second-order valence-electron chi connectivity index (χ2n) is 4.56. The highest BCUT2D eigenvalue weighted by molar-refractivity contribution is 7.80. The standard InChI is InChI=1S/C15H10ClNO2S/c16-9-5-8(6-10(20)7-9)13-11-3-1-2-4-12(11)17-14(13)15(18)19/h1-6,17H,7H2,(H,18,19). The number of nitrogens with one attached hydrogen (secondary N) is 1. The van der Waals surface area contributed by atoms with Crippen LogP contribution in [0.4, 0.5) is 0 Å². The number of halogens is 1. The Balaban J connectivity index is 2.32. The fourth-order valence-electron chi connectivity index (χ4n) is 2.40. The number of para-hydroxylation sites is 1. The molecular formula is C15H10ClNO2S. The number of thiocarbonyl (C=S) groups is 1. The molecule has 0 atom stereocenters. The van der Waals surface area contributed by atoms with E-state index < -0.39 is 5.97 Å². The minimum Gasteiger partial charge on any atom is -0.477 e. The lowest BCUT2D eigenvalue weighted by Gasteiger charge is -2.11. The van der Waals surface area contributed by atoms with Crippen LogP contribution in [0, 0.1) is 0 Å². The van der Waals surface area contributed by atoms with E-state index in [-0.39, 0.29) is 5.69 Å². The van der Waals surface area contributed by atoms with Crippen molar-refractivity contribution < 1.29 is 9.90 Å². The van der Waals surface area contributed by atoms with Crippen LogP contribution in [0.3, 0.4) is 0 Å². The van der Waals surface area contributed by atoms with Crippen molar-refractivity contribution in [1.82, 2.24) is 4.98 Å². The van der Waals surface area contributed by atoms with E-state index >= 15 is 0 Å². The highest BCUT2D eigenvalue weighted by Gasteiger charge is 2.21. The number of rotatable bonds is 2. The molecule has 1 aliphatic carbocycles. The molecule has 100 valence electrons. The Morgan fingerprint density at radius 1 is 1.30 bits per heavy atom. The number of H-pyrrole nitrogens is 1. The van der Waals surface area contributed by atoms with Gasteiger partial charge in [0, 0.05) is 32.8 Å². The summed E-state index contributed by atoms with van der Waals surface area (Å²) < 4.78 is 0. The number of carboxylic acids is 1. The smallest absolute Gasteiger partial charge is 0.352 e. The van der Waals surface area contributed by atoms with Crippen LogP contribution in [0.5, 0.6) is 0 Å². The Kier molecular flexibility index (Phi) is 3.20. The maximum Gasteiger partial charge on any atom is 0.352 e. The molecule has 0 radical (unpaired) electrons. The Hall–Kier alpha value is -1.91. The molecule has 20 heavy (non-hydrogen) atoms. The number of fused-ring (bicyclic) bond motifs is 1. The van der Waals surface area contributed by atoms with Gasteiger partial charge in [-0.15, -0.1) is 0 Å². The summed E-state index contributed by atoms with van der Waals surface area (Å²) >= 11 is 11.3. The molecule has 0 saturated heterocycles. The van der Waals surface area contributed by atoms with E-state index in [4.69, 9.17) is 23.8 Å². The molecule has 0 saturated carbocycles. The fraction of sp³-hybridized carbons (Fsp3) is 0.0667. The van der Waals surface area contributed by atoms with E-state index in [0.717, 1.165) is 16.5 Å². The van der Waals surface area contributed by atoms with Crippen molar-refractivity contribution in [3.8, 4) is 0 Å². The van der Waals surface area contributed by atoms with Crippen molar-refractivity contribution in [2.45, 2.75) is 6.42 Å². The zero-order valence-corrected chi connectivity index (χ0v) is 11.9. The van der Waals surface area contributed by atoms with Crippen molar-refractivity contribution in [3.63, 3.8) is 0 Å². The van der Waals surface area contributed by atoms with Gasteiger partial charge in [0.1, 0.15) is 5.69 Å². The van der Waals surface area contributed by atoms with Gasteiger partial charge in [-0.2, -0.15) is 0 Å². The topological polar surface area (TPSA) is 53.1 Å². The number of carboxylic acid groups (broad SMARTS) is 1. The molecule has 1 aliphatic rings. The van der Waals surface area contributed by atoms with Crippen LogP contribution in [0.15, 0.2) is 41.4 Å². The van der Waals surface area contributed by atoms with Crippen molar-refractivity contribution in [3.05, 3.63) is 52.7 Å². The summed E-state index contributed by atoms with van der Waals surface area (Å²) in [4.78, 5) is 15.1. The summed E-state index contributed by atoms with van der Waals surface area (Å²) in [5, 5.41) is 10.9. The molecule has 3 nitrogen and oxygen atoms in total. The Morgan fingerprint density at radius 3 is 2.75 bits per heavy atom. The number of aromatic amines is 1. The average Bonchev–Trinajstić information content (AvgIpc) is 2.77. The highest BCUT2D eigenvalue weighted by Crippen LogP contribution is 2.33. The van der Waals surface area contributed by atoms with Crippen molar-refractivity contribution >= 4 is 51.1 Å². The molecule has 0 amide bonds. The molecule has 3 rings (SSSR count). The van der Waals surface area contributed by atoms with E-state index in [1.807, 2.05) is 30.3 Å². The van der Waals surface area contributed by atoms with Crippen LogP contribution in [-0.2, 0) is 0 Å². The maximum atomic E-state index is 11.5. The SMILES string of the molecule is O=C(O)c1[nH]c2ccccc2c1C1=CC(=S)CC(Cl)=C1. The van der Waals surface area contributed by atoms with Gasteiger partial charge in [-0.1, -0.05) is 42.0 Å². The summed E-state index contributed by atoms with van der Waals surface area (Å²) in [7, 11) is 0. The van der Waals surface area contributed by atoms with Gasteiger partial charge < -0.3 is 10.1 Å². The quantitative estimate of drug-likeness (QED) is 0.820. The molecule has 2 N–H and O–H groups in total. The molecule has 1 heterocycles. The second kappa shape index (κ2) is 4.89. The molecule has 1 aromatic heterocycles. The normalized spacial score (nSPS) is 15.2. The first-order chi connectivity index (χ1) is 9.56. The third-order valence-electron chi connectivity index (χ3n) is 3.18. The monoisotopic (exact) mass is 303 g/mol. The van der Waals surface area contributed by atoms with Gasteiger partial charge in [0.25, 0.3) is 0 Å². The number of aromatic carboxylic acids is 1.